The summed E-state index contributed by atoms with van der Waals surface area (Å²) in [6.07, 6.45) is 3.23. The number of hydrogen-bond donors (Lipinski definition) is 0. The van der Waals surface area contributed by atoms with E-state index in [0.717, 1.165) is 17.6 Å². The van der Waals surface area contributed by atoms with Crippen LogP contribution in [0, 0.1) is 12.3 Å². The number of furan rings is 1. The molecule has 39 heavy (non-hydrogen) atoms. The summed E-state index contributed by atoms with van der Waals surface area (Å²) in [5.74, 6) is 0. The summed E-state index contributed by atoms with van der Waals surface area (Å²) in [7, 11) is 2.19. The molecule has 1 aliphatic rings. The lowest BCUT2D eigenvalue weighted by molar-refractivity contribution is -0.659. The van der Waals surface area contributed by atoms with Gasteiger partial charge in [0.15, 0.2) is 6.20 Å². The SMILES string of the molecule is Cc1c2c(c(CC(C)(C)C)c3cc4ccccc4cc13)Sc1c3oc4ccccc4c3cc3cc[n+](C)c-2c13. The fourth-order valence-electron chi connectivity index (χ4n) is 6.65. The lowest BCUT2D eigenvalue weighted by Gasteiger charge is -2.28. The Bertz CT molecular complexity index is 2180. The third-order valence-electron chi connectivity index (χ3n) is 8.36. The average molecular weight is 525 g/mol. The maximum atomic E-state index is 6.61. The van der Waals surface area contributed by atoms with Gasteiger partial charge in [-0.3, -0.25) is 0 Å². The van der Waals surface area contributed by atoms with Crippen molar-refractivity contribution in [3.63, 3.8) is 0 Å². The molecule has 3 heterocycles. The average Bonchev–Trinajstić information content (AvgIpc) is 3.30. The summed E-state index contributed by atoms with van der Waals surface area (Å²) in [6.45, 7) is 9.38. The maximum absolute atomic E-state index is 6.61. The summed E-state index contributed by atoms with van der Waals surface area (Å²) in [6, 6.07) is 26.6. The highest BCUT2D eigenvalue weighted by Gasteiger charge is 2.34. The fourth-order valence-corrected chi connectivity index (χ4v) is 8.07. The van der Waals surface area contributed by atoms with Crippen molar-refractivity contribution in [1.29, 1.82) is 0 Å². The Morgan fingerprint density at radius 1 is 0.769 bits per heavy atom. The van der Waals surface area contributed by atoms with E-state index in [1.54, 1.807) is 0 Å². The van der Waals surface area contributed by atoms with Crippen molar-refractivity contribution in [2.24, 2.45) is 12.5 Å². The Kier molecular flexibility index (Phi) is 4.66. The van der Waals surface area contributed by atoms with Crippen molar-refractivity contribution in [2.75, 3.05) is 0 Å². The summed E-state index contributed by atoms with van der Waals surface area (Å²) in [4.78, 5) is 2.63. The lowest BCUT2D eigenvalue weighted by atomic mass is 9.82. The standard InChI is InChI=1S/C36H30NOS/c1-20-25-16-21-10-6-7-11-22(21)17-26(25)28(19-36(2,3)4)34-30(20)32-31-23(14-15-37(32)5)18-27-24-12-8-9-13-29(24)38-33(27)35(31)39-34/h6-18H,19H2,1-5H3/q+1. The second-order valence-corrected chi connectivity index (χ2v) is 13.3. The Morgan fingerprint density at radius 2 is 1.46 bits per heavy atom. The van der Waals surface area contributed by atoms with E-state index in [2.05, 4.69) is 118 Å². The van der Waals surface area contributed by atoms with Crippen LogP contribution in [0.1, 0.15) is 31.9 Å². The van der Waals surface area contributed by atoms with Crippen LogP contribution in [0.3, 0.4) is 0 Å². The first-order chi connectivity index (χ1) is 18.8. The van der Waals surface area contributed by atoms with Gasteiger partial charge in [0.25, 0.3) is 0 Å². The summed E-state index contributed by atoms with van der Waals surface area (Å²) in [5.41, 5.74) is 7.57. The first kappa shape index (κ1) is 23.1. The molecule has 0 aliphatic carbocycles. The highest BCUT2D eigenvalue weighted by atomic mass is 32.2. The van der Waals surface area contributed by atoms with Crippen molar-refractivity contribution >= 4 is 66.0 Å². The maximum Gasteiger partial charge on any atom is 0.222 e. The van der Waals surface area contributed by atoms with Gasteiger partial charge in [-0.2, -0.15) is 0 Å². The highest BCUT2D eigenvalue weighted by Crippen LogP contribution is 2.55. The number of hydrogen-bond acceptors (Lipinski definition) is 2. The fraction of sp³-hybridized carbons (Fsp3) is 0.194. The van der Waals surface area contributed by atoms with Crippen LogP contribution in [0.15, 0.2) is 93.2 Å². The quantitative estimate of drug-likeness (QED) is 0.157. The second kappa shape index (κ2) is 7.86. The summed E-state index contributed by atoms with van der Waals surface area (Å²) >= 11 is 1.92. The molecule has 2 nitrogen and oxygen atoms in total. The van der Waals surface area contributed by atoms with Crippen LogP contribution in [0.2, 0.25) is 0 Å². The zero-order chi connectivity index (χ0) is 26.6. The Labute approximate surface area is 232 Å². The molecule has 0 unspecified atom stereocenters. The number of fused-ring (bicyclic) bond motifs is 8. The van der Waals surface area contributed by atoms with Crippen LogP contribution >= 0.6 is 11.8 Å². The molecule has 0 saturated heterocycles. The van der Waals surface area contributed by atoms with Crippen LogP contribution in [0.4, 0.5) is 0 Å². The number of aryl methyl sites for hydroxylation is 2. The molecule has 0 spiro atoms. The Balaban J connectivity index is 1.58. The lowest BCUT2D eigenvalue weighted by Crippen LogP contribution is -2.32. The van der Waals surface area contributed by atoms with Crippen LogP contribution in [-0.4, -0.2) is 0 Å². The van der Waals surface area contributed by atoms with Crippen molar-refractivity contribution < 1.29 is 8.98 Å². The van der Waals surface area contributed by atoms with Crippen molar-refractivity contribution in [1.82, 2.24) is 0 Å². The number of aromatic nitrogens is 1. The molecular weight excluding hydrogens is 494 g/mol. The normalized spacial score (nSPS) is 13.3. The molecule has 0 radical (unpaired) electrons. The van der Waals surface area contributed by atoms with Crippen LogP contribution in [0.25, 0.3) is 65.5 Å². The van der Waals surface area contributed by atoms with E-state index in [-0.39, 0.29) is 5.41 Å². The van der Waals surface area contributed by atoms with Crippen molar-refractivity contribution in [3.05, 3.63) is 90.1 Å². The predicted molar refractivity (Wildman–Crippen MR) is 165 cm³/mol. The number of benzene rings is 5. The molecule has 3 heteroatoms. The van der Waals surface area contributed by atoms with Gasteiger partial charge in [0, 0.05) is 21.7 Å². The van der Waals surface area contributed by atoms with E-state index >= 15 is 0 Å². The Hall–Kier alpha value is -3.82. The number of nitrogens with zero attached hydrogens (tertiary/aromatic N) is 1. The monoisotopic (exact) mass is 524 g/mol. The largest absolute Gasteiger partial charge is 0.455 e. The van der Waals surface area contributed by atoms with Crippen molar-refractivity contribution in [2.45, 2.75) is 43.9 Å². The van der Waals surface area contributed by atoms with E-state index in [0.29, 0.717) is 0 Å². The Morgan fingerprint density at radius 3 is 2.23 bits per heavy atom. The van der Waals surface area contributed by atoms with Gasteiger partial charge in [-0.25, -0.2) is 4.57 Å². The van der Waals surface area contributed by atoms with Gasteiger partial charge < -0.3 is 4.42 Å². The molecular formula is C36H30NOS+. The number of rotatable bonds is 1. The third kappa shape index (κ3) is 3.26. The van der Waals surface area contributed by atoms with Gasteiger partial charge in [0.05, 0.1) is 15.8 Å². The molecule has 7 aromatic rings. The molecule has 190 valence electrons. The van der Waals surface area contributed by atoms with E-state index in [1.807, 2.05) is 11.8 Å². The first-order valence-corrected chi connectivity index (χ1v) is 14.5. The molecule has 0 atom stereocenters. The molecule has 0 saturated carbocycles. The van der Waals surface area contributed by atoms with Gasteiger partial charge in [-0.15, -0.1) is 0 Å². The molecule has 0 fully saturated rings. The molecule has 0 bridgehead atoms. The topological polar surface area (TPSA) is 17.0 Å². The van der Waals surface area contributed by atoms with Gasteiger partial charge in [0.2, 0.25) is 5.69 Å². The smallest absolute Gasteiger partial charge is 0.222 e. The molecule has 5 aromatic carbocycles. The molecule has 2 aromatic heterocycles. The zero-order valence-corrected chi connectivity index (χ0v) is 23.8. The minimum atomic E-state index is 0.141. The van der Waals surface area contributed by atoms with Gasteiger partial charge in [0.1, 0.15) is 18.2 Å². The van der Waals surface area contributed by atoms with Gasteiger partial charge >= 0.3 is 0 Å². The van der Waals surface area contributed by atoms with Gasteiger partial charge in [-0.1, -0.05) is 75.0 Å². The van der Waals surface area contributed by atoms with Crippen LogP contribution < -0.4 is 4.57 Å². The molecule has 8 rings (SSSR count). The summed E-state index contributed by atoms with van der Waals surface area (Å²) in [5, 5.41) is 10.3. The van der Waals surface area contributed by atoms with E-state index in [9.17, 15) is 0 Å². The molecule has 0 N–H and O–H groups in total. The van der Waals surface area contributed by atoms with E-state index < -0.39 is 0 Å². The predicted octanol–water partition coefficient (Wildman–Crippen LogP) is 9.90. The second-order valence-electron chi connectivity index (χ2n) is 12.3. The van der Waals surface area contributed by atoms with Crippen LogP contribution in [-0.2, 0) is 13.5 Å². The number of pyridine rings is 1. The zero-order valence-electron chi connectivity index (χ0n) is 23.0. The van der Waals surface area contributed by atoms with Gasteiger partial charge in [-0.05, 0) is 81.1 Å². The highest BCUT2D eigenvalue weighted by molar-refractivity contribution is 8.00. The minimum absolute atomic E-state index is 0.141. The molecule has 1 aliphatic heterocycles. The van der Waals surface area contributed by atoms with Crippen molar-refractivity contribution in [3.8, 4) is 11.3 Å². The number of para-hydroxylation sites is 1. The molecule has 0 amide bonds. The van der Waals surface area contributed by atoms with E-state index in [4.69, 9.17) is 4.42 Å². The van der Waals surface area contributed by atoms with E-state index in [1.165, 1.54) is 75.3 Å². The van der Waals surface area contributed by atoms with Crippen LogP contribution in [0.5, 0.6) is 0 Å². The third-order valence-corrected chi connectivity index (χ3v) is 9.61. The minimum Gasteiger partial charge on any atom is -0.455 e. The summed E-state index contributed by atoms with van der Waals surface area (Å²) < 4.78 is 8.93. The first-order valence-electron chi connectivity index (χ1n) is 13.7.